The van der Waals surface area contributed by atoms with Gasteiger partial charge in [0.15, 0.2) is 0 Å². The molecule has 5 atom stereocenters. The zero-order chi connectivity index (χ0) is 38.1. The van der Waals surface area contributed by atoms with Crippen LogP contribution in [0, 0.1) is 5.92 Å². The van der Waals surface area contributed by atoms with Gasteiger partial charge in [-0.15, -0.1) is 0 Å². The summed E-state index contributed by atoms with van der Waals surface area (Å²) in [5.74, 6) is -2.36. The van der Waals surface area contributed by atoms with Gasteiger partial charge in [0, 0.05) is 31.0 Å². The number of nitrogens with zero attached hydrogens (tertiary/aromatic N) is 2. The molecule has 5 aromatic carbocycles. The molecule has 0 aromatic heterocycles. The van der Waals surface area contributed by atoms with Crippen molar-refractivity contribution in [1.29, 1.82) is 0 Å². The van der Waals surface area contributed by atoms with E-state index in [2.05, 4.69) is 48.2 Å². The SMILES string of the molecule is C[C@@H](c1ccccc1)N(Cc1ccccc1)[C@@H](c1ccccc1)[C@@H](C(=O)OC(C)(C)C)[C@H](CC(=O)N1C(=O)OC[C@@H]1Cc1ccccc1)c1ccccc1. The van der Waals surface area contributed by atoms with Crippen molar-refractivity contribution >= 4 is 18.0 Å². The Labute approximate surface area is 319 Å². The van der Waals surface area contributed by atoms with Gasteiger partial charge in [-0.3, -0.25) is 14.5 Å². The van der Waals surface area contributed by atoms with Gasteiger partial charge in [-0.1, -0.05) is 152 Å². The number of carbonyl (C=O) groups is 3. The van der Waals surface area contributed by atoms with Gasteiger partial charge in [-0.2, -0.15) is 0 Å². The first kappa shape index (κ1) is 38.2. The van der Waals surface area contributed by atoms with Crippen LogP contribution in [-0.4, -0.2) is 46.0 Å². The Hall–Kier alpha value is -5.53. The third-order valence-electron chi connectivity index (χ3n) is 10.1. The Balaban J connectivity index is 1.51. The highest BCUT2D eigenvalue weighted by Crippen LogP contribution is 2.46. The minimum atomic E-state index is -0.876. The summed E-state index contributed by atoms with van der Waals surface area (Å²) in [6.45, 7) is 8.39. The van der Waals surface area contributed by atoms with Crippen molar-refractivity contribution < 1.29 is 23.9 Å². The Kier molecular flexibility index (Phi) is 12.4. The Bertz CT molecular complexity index is 1950. The Morgan fingerprint density at radius 1 is 0.722 bits per heavy atom. The fourth-order valence-electron chi connectivity index (χ4n) is 7.57. The number of rotatable bonds is 14. The molecule has 1 saturated heterocycles. The molecule has 5 aromatic rings. The molecule has 6 rings (SSSR count). The summed E-state index contributed by atoms with van der Waals surface area (Å²) >= 11 is 0. The lowest BCUT2D eigenvalue weighted by molar-refractivity contribution is -0.165. The van der Waals surface area contributed by atoms with Crippen LogP contribution in [-0.2, 0) is 32.0 Å². The summed E-state index contributed by atoms with van der Waals surface area (Å²) < 4.78 is 11.8. The van der Waals surface area contributed by atoms with E-state index in [0.29, 0.717) is 13.0 Å². The molecule has 0 radical (unpaired) electrons. The van der Waals surface area contributed by atoms with Crippen molar-refractivity contribution in [2.24, 2.45) is 5.92 Å². The van der Waals surface area contributed by atoms with Gasteiger partial charge in [-0.05, 0) is 61.9 Å². The number of ether oxygens (including phenoxy) is 2. The van der Waals surface area contributed by atoms with E-state index in [9.17, 15) is 9.59 Å². The van der Waals surface area contributed by atoms with Crippen molar-refractivity contribution in [3.63, 3.8) is 0 Å². The fraction of sp³-hybridized carbons (Fsp3) is 0.298. The number of hydrogen-bond acceptors (Lipinski definition) is 6. The van der Waals surface area contributed by atoms with Gasteiger partial charge in [0.1, 0.15) is 12.2 Å². The van der Waals surface area contributed by atoms with Gasteiger partial charge in [0.05, 0.1) is 12.0 Å². The molecule has 1 fully saturated rings. The van der Waals surface area contributed by atoms with Gasteiger partial charge < -0.3 is 9.47 Å². The van der Waals surface area contributed by atoms with Crippen LogP contribution in [0.25, 0.3) is 0 Å². The summed E-state index contributed by atoms with van der Waals surface area (Å²) in [5.41, 5.74) is 4.09. The van der Waals surface area contributed by atoms with Crippen LogP contribution in [0.1, 0.15) is 79.9 Å². The molecule has 0 N–H and O–H groups in total. The lowest BCUT2D eigenvalue weighted by Gasteiger charge is -2.43. The standard InChI is InChI=1S/C47H50N2O5/c1-34(37-24-14-7-15-25-37)48(32-36-22-12-6-13-23-36)44(39-28-18-9-19-29-39)43(45(51)54-47(2,3)4)41(38-26-16-8-17-27-38)31-42(50)49-40(33-53-46(49)52)30-35-20-10-5-11-21-35/h5-29,34,40-41,43-44H,30-33H2,1-4H3/t34-,40-,41+,43-,44-/m0/s1. The molecule has 2 amide bonds. The Morgan fingerprint density at radius 3 is 1.74 bits per heavy atom. The Morgan fingerprint density at radius 2 is 1.20 bits per heavy atom. The van der Waals surface area contributed by atoms with Gasteiger partial charge in [0.25, 0.3) is 0 Å². The zero-order valence-corrected chi connectivity index (χ0v) is 31.6. The second-order valence-electron chi connectivity index (χ2n) is 15.1. The second-order valence-corrected chi connectivity index (χ2v) is 15.1. The van der Waals surface area contributed by atoms with Crippen LogP contribution in [0.2, 0.25) is 0 Å². The molecule has 54 heavy (non-hydrogen) atoms. The van der Waals surface area contributed by atoms with Crippen LogP contribution < -0.4 is 0 Å². The van der Waals surface area contributed by atoms with E-state index in [-0.39, 0.29) is 19.1 Å². The maximum absolute atomic E-state index is 15.1. The normalized spacial score (nSPS) is 16.6. The fourth-order valence-corrected chi connectivity index (χ4v) is 7.57. The van der Waals surface area contributed by atoms with Crippen molar-refractivity contribution in [3.8, 4) is 0 Å². The third kappa shape index (κ3) is 9.52. The van der Waals surface area contributed by atoms with Crippen molar-refractivity contribution in [3.05, 3.63) is 179 Å². The van der Waals surface area contributed by atoms with Crippen molar-refractivity contribution in [1.82, 2.24) is 9.80 Å². The number of cyclic esters (lactones) is 1. The van der Waals surface area contributed by atoms with Crippen LogP contribution in [0.5, 0.6) is 0 Å². The highest BCUT2D eigenvalue weighted by Gasteiger charge is 2.47. The van der Waals surface area contributed by atoms with E-state index in [0.717, 1.165) is 27.8 Å². The van der Waals surface area contributed by atoms with E-state index in [4.69, 9.17) is 9.47 Å². The number of benzene rings is 5. The predicted molar refractivity (Wildman–Crippen MR) is 211 cm³/mol. The average Bonchev–Trinajstić information content (AvgIpc) is 3.55. The smallest absolute Gasteiger partial charge is 0.416 e. The molecule has 0 unspecified atom stereocenters. The maximum atomic E-state index is 15.1. The molecule has 7 heteroatoms. The number of imide groups is 1. The number of esters is 1. The monoisotopic (exact) mass is 722 g/mol. The topological polar surface area (TPSA) is 76.2 Å². The highest BCUT2D eigenvalue weighted by atomic mass is 16.6. The molecule has 1 aliphatic heterocycles. The van der Waals surface area contributed by atoms with Gasteiger partial charge >= 0.3 is 12.1 Å². The average molecular weight is 723 g/mol. The first-order valence-electron chi connectivity index (χ1n) is 18.8. The minimum Gasteiger partial charge on any atom is -0.460 e. The lowest BCUT2D eigenvalue weighted by Crippen LogP contribution is -2.45. The minimum absolute atomic E-state index is 0.108. The molecule has 1 heterocycles. The molecule has 0 spiro atoms. The lowest BCUT2D eigenvalue weighted by atomic mass is 9.75. The second kappa shape index (κ2) is 17.5. The molecular formula is C47H50N2O5. The molecule has 0 bridgehead atoms. The molecule has 0 saturated carbocycles. The van der Waals surface area contributed by atoms with E-state index >= 15 is 4.79 Å². The molecular weight excluding hydrogens is 673 g/mol. The van der Waals surface area contributed by atoms with Crippen LogP contribution in [0.15, 0.2) is 152 Å². The molecule has 1 aliphatic rings. The predicted octanol–water partition coefficient (Wildman–Crippen LogP) is 9.71. The van der Waals surface area contributed by atoms with Gasteiger partial charge in [-0.25, -0.2) is 9.69 Å². The van der Waals surface area contributed by atoms with E-state index < -0.39 is 47.5 Å². The molecule has 278 valence electrons. The first-order valence-corrected chi connectivity index (χ1v) is 18.8. The van der Waals surface area contributed by atoms with Crippen molar-refractivity contribution in [2.75, 3.05) is 6.61 Å². The summed E-state index contributed by atoms with van der Waals surface area (Å²) in [4.78, 5) is 46.7. The third-order valence-corrected chi connectivity index (χ3v) is 10.1. The summed E-state index contributed by atoms with van der Waals surface area (Å²) in [7, 11) is 0. The van der Waals surface area contributed by atoms with Crippen LogP contribution >= 0.6 is 0 Å². The number of amides is 2. The summed E-state index contributed by atoms with van der Waals surface area (Å²) in [5, 5.41) is 0. The summed E-state index contributed by atoms with van der Waals surface area (Å²) in [6.07, 6.45) is -0.309. The van der Waals surface area contributed by atoms with Crippen LogP contribution in [0.3, 0.4) is 0 Å². The summed E-state index contributed by atoms with van der Waals surface area (Å²) in [6, 6.07) is 48.9. The number of carbonyl (C=O) groups excluding carboxylic acids is 3. The van der Waals surface area contributed by atoms with E-state index in [1.807, 2.05) is 136 Å². The largest absolute Gasteiger partial charge is 0.460 e. The highest BCUT2D eigenvalue weighted by molar-refractivity contribution is 5.94. The van der Waals surface area contributed by atoms with Crippen molar-refractivity contribution in [2.45, 2.75) is 76.7 Å². The van der Waals surface area contributed by atoms with E-state index in [1.165, 1.54) is 4.90 Å². The molecule has 0 aliphatic carbocycles. The molecule has 7 nitrogen and oxygen atoms in total. The van der Waals surface area contributed by atoms with E-state index in [1.54, 1.807) is 0 Å². The quantitative estimate of drug-likeness (QED) is 0.106. The first-order chi connectivity index (χ1) is 26.1. The van der Waals surface area contributed by atoms with Crippen LogP contribution in [0.4, 0.5) is 4.79 Å². The zero-order valence-electron chi connectivity index (χ0n) is 31.6. The van der Waals surface area contributed by atoms with Gasteiger partial charge in [0.2, 0.25) is 5.91 Å². The number of hydrogen-bond donors (Lipinski definition) is 0. The maximum Gasteiger partial charge on any atom is 0.416 e.